The summed E-state index contributed by atoms with van der Waals surface area (Å²) in [6.07, 6.45) is 2.76. The van der Waals surface area contributed by atoms with E-state index >= 15 is 0 Å². The first kappa shape index (κ1) is 12.3. The zero-order valence-corrected chi connectivity index (χ0v) is 11.4. The fraction of sp³-hybridized carbons (Fsp3) is 0.214. The van der Waals surface area contributed by atoms with Crippen LogP contribution in [0.3, 0.4) is 0 Å². The Balaban J connectivity index is 2.36. The van der Waals surface area contributed by atoms with Crippen molar-refractivity contribution >= 4 is 15.9 Å². The minimum absolute atomic E-state index is 0.626. The SMILES string of the molecule is Cc1ccc(C(O)c2cncc(Br)c2)cc1C. The second kappa shape index (κ2) is 4.98. The van der Waals surface area contributed by atoms with Crippen molar-refractivity contribution in [1.82, 2.24) is 4.98 Å². The Morgan fingerprint density at radius 2 is 1.82 bits per heavy atom. The first-order valence-electron chi connectivity index (χ1n) is 5.43. The Hall–Kier alpha value is -1.19. The summed E-state index contributed by atoms with van der Waals surface area (Å²) in [6, 6.07) is 7.88. The number of nitrogens with zero attached hydrogens (tertiary/aromatic N) is 1. The molecule has 0 aliphatic carbocycles. The summed E-state index contributed by atoms with van der Waals surface area (Å²) in [5.41, 5.74) is 4.11. The van der Waals surface area contributed by atoms with Gasteiger partial charge in [0.05, 0.1) is 0 Å². The van der Waals surface area contributed by atoms with Crippen LogP contribution in [-0.4, -0.2) is 10.1 Å². The van der Waals surface area contributed by atoms with Crippen LogP contribution >= 0.6 is 15.9 Å². The molecule has 1 heterocycles. The van der Waals surface area contributed by atoms with Crippen molar-refractivity contribution in [3.05, 3.63) is 63.4 Å². The standard InChI is InChI=1S/C14H14BrNO/c1-9-3-4-11(5-10(9)2)14(17)12-6-13(15)8-16-7-12/h3-8,14,17H,1-2H3. The van der Waals surface area contributed by atoms with E-state index < -0.39 is 6.10 Å². The topological polar surface area (TPSA) is 33.1 Å². The minimum atomic E-state index is -0.626. The zero-order valence-electron chi connectivity index (χ0n) is 9.81. The van der Waals surface area contributed by atoms with Crippen LogP contribution in [0.15, 0.2) is 41.1 Å². The molecule has 0 saturated carbocycles. The van der Waals surface area contributed by atoms with Crippen LogP contribution in [0.2, 0.25) is 0 Å². The Labute approximate surface area is 109 Å². The van der Waals surface area contributed by atoms with Crippen LogP contribution in [0.4, 0.5) is 0 Å². The smallest absolute Gasteiger partial charge is 0.106 e. The van der Waals surface area contributed by atoms with Gasteiger partial charge in [0.2, 0.25) is 0 Å². The van der Waals surface area contributed by atoms with Gasteiger partial charge < -0.3 is 5.11 Å². The average Bonchev–Trinajstić information content (AvgIpc) is 2.32. The highest BCUT2D eigenvalue weighted by atomic mass is 79.9. The van der Waals surface area contributed by atoms with Crippen LogP contribution in [0, 0.1) is 13.8 Å². The van der Waals surface area contributed by atoms with Crippen molar-refractivity contribution in [2.24, 2.45) is 0 Å². The monoisotopic (exact) mass is 291 g/mol. The highest BCUT2D eigenvalue weighted by molar-refractivity contribution is 9.10. The largest absolute Gasteiger partial charge is 0.384 e. The van der Waals surface area contributed by atoms with Gasteiger partial charge in [-0.25, -0.2) is 0 Å². The number of pyridine rings is 1. The van der Waals surface area contributed by atoms with Gasteiger partial charge >= 0.3 is 0 Å². The summed E-state index contributed by atoms with van der Waals surface area (Å²) in [6.45, 7) is 4.11. The van der Waals surface area contributed by atoms with Gasteiger partial charge in [-0.3, -0.25) is 4.98 Å². The van der Waals surface area contributed by atoms with Crippen molar-refractivity contribution in [2.45, 2.75) is 20.0 Å². The van der Waals surface area contributed by atoms with Gasteiger partial charge in [0.1, 0.15) is 6.10 Å². The maximum Gasteiger partial charge on any atom is 0.106 e. The van der Waals surface area contributed by atoms with Crippen LogP contribution in [0.25, 0.3) is 0 Å². The molecule has 1 aromatic heterocycles. The lowest BCUT2D eigenvalue weighted by atomic mass is 9.99. The number of halogens is 1. The summed E-state index contributed by atoms with van der Waals surface area (Å²) >= 11 is 3.36. The maximum absolute atomic E-state index is 10.3. The predicted molar refractivity (Wildman–Crippen MR) is 71.9 cm³/mol. The van der Waals surface area contributed by atoms with Gasteiger partial charge in [-0.2, -0.15) is 0 Å². The van der Waals surface area contributed by atoms with E-state index in [1.165, 1.54) is 11.1 Å². The van der Waals surface area contributed by atoms with E-state index in [2.05, 4.69) is 27.8 Å². The highest BCUT2D eigenvalue weighted by Gasteiger charge is 2.11. The molecule has 88 valence electrons. The van der Waals surface area contributed by atoms with Gasteiger partial charge in [0.15, 0.2) is 0 Å². The quantitative estimate of drug-likeness (QED) is 0.918. The number of aliphatic hydroxyl groups is 1. The molecule has 0 aliphatic heterocycles. The second-order valence-corrected chi connectivity index (χ2v) is 5.10. The molecule has 0 saturated heterocycles. The number of hydrogen-bond acceptors (Lipinski definition) is 2. The minimum Gasteiger partial charge on any atom is -0.384 e. The molecule has 1 unspecified atom stereocenters. The van der Waals surface area contributed by atoms with Crippen molar-refractivity contribution in [3.8, 4) is 0 Å². The Morgan fingerprint density at radius 3 is 2.47 bits per heavy atom. The van der Waals surface area contributed by atoms with Crippen molar-refractivity contribution in [1.29, 1.82) is 0 Å². The van der Waals surface area contributed by atoms with Crippen molar-refractivity contribution in [2.75, 3.05) is 0 Å². The van der Waals surface area contributed by atoms with Gasteiger partial charge in [-0.1, -0.05) is 18.2 Å². The summed E-state index contributed by atoms with van der Waals surface area (Å²) < 4.78 is 0.873. The van der Waals surface area contributed by atoms with Crippen LogP contribution in [0.5, 0.6) is 0 Å². The molecule has 0 amide bonds. The molecule has 0 bridgehead atoms. The molecular weight excluding hydrogens is 278 g/mol. The van der Waals surface area contributed by atoms with Crippen LogP contribution in [-0.2, 0) is 0 Å². The molecule has 3 heteroatoms. The number of aryl methyl sites for hydroxylation is 2. The Kier molecular flexibility index (Phi) is 3.60. The van der Waals surface area contributed by atoms with E-state index in [0.717, 1.165) is 15.6 Å². The molecule has 1 aromatic carbocycles. The van der Waals surface area contributed by atoms with Crippen LogP contribution < -0.4 is 0 Å². The predicted octanol–water partition coefficient (Wildman–Crippen LogP) is 3.54. The molecule has 1 atom stereocenters. The normalized spacial score (nSPS) is 12.5. The van der Waals surface area contributed by atoms with Crippen molar-refractivity contribution in [3.63, 3.8) is 0 Å². The highest BCUT2D eigenvalue weighted by Crippen LogP contribution is 2.24. The first-order valence-corrected chi connectivity index (χ1v) is 6.23. The number of rotatable bonds is 2. The molecule has 17 heavy (non-hydrogen) atoms. The third-order valence-electron chi connectivity index (χ3n) is 2.89. The third-order valence-corrected chi connectivity index (χ3v) is 3.32. The van der Waals surface area contributed by atoms with Gasteiger partial charge in [0, 0.05) is 22.4 Å². The third kappa shape index (κ3) is 2.73. The van der Waals surface area contributed by atoms with E-state index in [9.17, 15) is 5.11 Å². The number of aliphatic hydroxyl groups excluding tert-OH is 1. The van der Waals surface area contributed by atoms with E-state index in [-0.39, 0.29) is 0 Å². The molecule has 0 radical (unpaired) electrons. The molecule has 2 nitrogen and oxygen atoms in total. The lowest BCUT2D eigenvalue weighted by Crippen LogP contribution is -2.01. The summed E-state index contributed by atoms with van der Waals surface area (Å²) in [5, 5.41) is 10.3. The second-order valence-electron chi connectivity index (χ2n) is 4.18. The first-order chi connectivity index (χ1) is 8.08. The Morgan fingerprint density at radius 1 is 1.06 bits per heavy atom. The summed E-state index contributed by atoms with van der Waals surface area (Å²) in [5.74, 6) is 0. The average molecular weight is 292 g/mol. The van der Waals surface area contributed by atoms with Gasteiger partial charge in [0.25, 0.3) is 0 Å². The summed E-state index contributed by atoms with van der Waals surface area (Å²) in [7, 11) is 0. The molecule has 2 aromatic rings. The Bertz CT molecular complexity index is 539. The van der Waals surface area contributed by atoms with E-state index in [0.29, 0.717) is 0 Å². The summed E-state index contributed by atoms with van der Waals surface area (Å²) in [4.78, 5) is 4.06. The van der Waals surface area contributed by atoms with E-state index in [1.54, 1.807) is 12.4 Å². The van der Waals surface area contributed by atoms with E-state index in [4.69, 9.17) is 0 Å². The molecule has 0 aliphatic rings. The zero-order chi connectivity index (χ0) is 12.4. The molecule has 0 fully saturated rings. The molecule has 1 N–H and O–H groups in total. The number of hydrogen-bond donors (Lipinski definition) is 1. The molecule has 0 spiro atoms. The van der Waals surface area contributed by atoms with Crippen molar-refractivity contribution < 1.29 is 5.11 Å². The van der Waals surface area contributed by atoms with Gasteiger partial charge in [-0.15, -0.1) is 0 Å². The lowest BCUT2D eigenvalue weighted by molar-refractivity contribution is 0.219. The number of aromatic nitrogens is 1. The lowest BCUT2D eigenvalue weighted by Gasteiger charge is -2.13. The fourth-order valence-corrected chi connectivity index (χ4v) is 2.09. The van der Waals surface area contributed by atoms with E-state index in [1.807, 2.05) is 31.2 Å². The fourth-order valence-electron chi connectivity index (χ4n) is 1.70. The molecule has 2 rings (SSSR count). The van der Waals surface area contributed by atoms with Gasteiger partial charge in [-0.05, 0) is 52.5 Å². The number of benzene rings is 1. The van der Waals surface area contributed by atoms with Crippen LogP contribution in [0.1, 0.15) is 28.4 Å². The maximum atomic E-state index is 10.3. The molecular formula is C14H14BrNO.